The summed E-state index contributed by atoms with van der Waals surface area (Å²) in [6.45, 7) is 0. The number of nitrogens with two attached hydrogens (primary N) is 1. The van der Waals surface area contributed by atoms with Crippen LogP contribution in [0, 0.1) is 17.8 Å². The number of carbonyl (C=O) groups excluding carboxylic acids is 1. The third-order valence-corrected chi connectivity index (χ3v) is 3.45. The molecule has 3 nitrogen and oxygen atoms in total. The summed E-state index contributed by atoms with van der Waals surface area (Å²) in [7, 11) is 1.45. The lowest BCUT2D eigenvalue weighted by atomic mass is 9.85. The molecule has 0 saturated heterocycles. The maximum absolute atomic E-state index is 11.3. The minimum atomic E-state index is -0.102. The van der Waals surface area contributed by atoms with Crippen LogP contribution in [-0.2, 0) is 9.53 Å². The van der Waals surface area contributed by atoms with E-state index in [1.165, 1.54) is 13.5 Å². The first-order chi connectivity index (χ1) is 5.74. The average Bonchev–Trinajstić information content (AvgIpc) is 2.63. The van der Waals surface area contributed by atoms with Gasteiger partial charge in [0.15, 0.2) is 0 Å². The van der Waals surface area contributed by atoms with E-state index in [9.17, 15) is 4.79 Å². The lowest BCUT2D eigenvalue weighted by Crippen LogP contribution is -2.40. The second-order valence-electron chi connectivity index (χ2n) is 3.96. The predicted octanol–water partition coefficient (Wildman–Crippen LogP) is 0.533. The smallest absolute Gasteiger partial charge is 0.310 e. The maximum Gasteiger partial charge on any atom is 0.310 e. The zero-order chi connectivity index (χ0) is 8.72. The Hall–Kier alpha value is -0.570. The van der Waals surface area contributed by atoms with Gasteiger partial charge in [-0.2, -0.15) is 0 Å². The molecule has 4 atom stereocenters. The molecule has 2 bridgehead atoms. The van der Waals surface area contributed by atoms with Gasteiger partial charge in [-0.1, -0.05) is 0 Å². The molecule has 2 saturated carbocycles. The highest BCUT2D eigenvalue weighted by Gasteiger charge is 2.49. The molecule has 2 fully saturated rings. The molecule has 68 valence electrons. The summed E-state index contributed by atoms with van der Waals surface area (Å²) in [5, 5.41) is 0. The summed E-state index contributed by atoms with van der Waals surface area (Å²) in [6, 6.07) is 0.0659. The van der Waals surface area contributed by atoms with Crippen molar-refractivity contribution in [1.82, 2.24) is 0 Å². The molecule has 0 spiro atoms. The number of hydrogen-bond acceptors (Lipinski definition) is 3. The predicted molar refractivity (Wildman–Crippen MR) is 44.3 cm³/mol. The molecule has 12 heavy (non-hydrogen) atoms. The highest BCUT2D eigenvalue weighted by atomic mass is 16.5. The van der Waals surface area contributed by atoms with E-state index in [1.807, 2.05) is 0 Å². The number of rotatable bonds is 1. The number of fused-ring (bicyclic) bond motifs is 2. The van der Waals surface area contributed by atoms with Crippen LogP contribution < -0.4 is 5.73 Å². The molecule has 2 N–H and O–H groups in total. The van der Waals surface area contributed by atoms with Gasteiger partial charge in [0, 0.05) is 6.04 Å². The van der Waals surface area contributed by atoms with Crippen LogP contribution in [0.1, 0.15) is 19.3 Å². The fourth-order valence-corrected chi connectivity index (χ4v) is 2.82. The van der Waals surface area contributed by atoms with Crippen molar-refractivity contribution in [3.8, 4) is 0 Å². The Labute approximate surface area is 72.3 Å². The second kappa shape index (κ2) is 2.73. The van der Waals surface area contributed by atoms with Crippen LogP contribution in [0.4, 0.5) is 0 Å². The van der Waals surface area contributed by atoms with Crippen LogP contribution in [0.2, 0.25) is 0 Å². The Morgan fingerprint density at radius 3 is 2.58 bits per heavy atom. The standard InChI is InChI=1S/C9H15NO2/c1-12-9(11)7-5-2-3-6(4-5)8(7)10/h5-8H,2-4,10H2,1H3/t5-,6?,7?,8?/m1/s1. The Morgan fingerprint density at radius 2 is 2.08 bits per heavy atom. The summed E-state index contributed by atoms with van der Waals surface area (Å²) in [4.78, 5) is 11.3. The number of esters is 1. The van der Waals surface area contributed by atoms with Gasteiger partial charge in [-0.25, -0.2) is 0 Å². The van der Waals surface area contributed by atoms with Gasteiger partial charge in [0.05, 0.1) is 13.0 Å². The molecular weight excluding hydrogens is 154 g/mol. The van der Waals surface area contributed by atoms with Gasteiger partial charge >= 0.3 is 5.97 Å². The third-order valence-electron chi connectivity index (χ3n) is 3.45. The largest absolute Gasteiger partial charge is 0.469 e. The number of methoxy groups -OCH3 is 1. The number of hydrogen-bond donors (Lipinski definition) is 1. The molecule has 2 aliphatic carbocycles. The average molecular weight is 169 g/mol. The zero-order valence-electron chi connectivity index (χ0n) is 7.32. The molecule has 0 aromatic heterocycles. The summed E-state index contributed by atoms with van der Waals surface area (Å²) in [5.41, 5.74) is 5.94. The van der Waals surface area contributed by atoms with Crippen molar-refractivity contribution in [2.24, 2.45) is 23.5 Å². The summed E-state index contributed by atoms with van der Waals surface area (Å²) in [5.74, 6) is 0.986. The summed E-state index contributed by atoms with van der Waals surface area (Å²) >= 11 is 0. The Balaban J connectivity index is 2.12. The van der Waals surface area contributed by atoms with E-state index < -0.39 is 0 Å². The van der Waals surface area contributed by atoms with Gasteiger partial charge in [-0.15, -0.1) is 0 Å². The number of ether oxygens (including phenoxy) is 1. The Kier molecular flexibility index (Phi) is 1.83. The van der Waals surface area contributed by atoms with E-state index in [4.69, 9.17) is 10.5 Å². The molecule has 0 radical (unpaired) electrons. The first-order valence-corrected chi connectivity index (χ1v) is 4.57. The monoisotopic (exact) mass is 169 g/mol. The fourth-order valence-electron chi connectivity index (χ4n) is 2.82. The highest BCUT2D eigenvalue weighted by molar-refractivity contribution is 5.74. The van der Waals surface area contributed by atoms with Crippen molar-refractivity contribution in [2.75, 3.05) is 7.11 Å². The van der Waals surface area contributed by atoms with Crippen LogP contribution in [-0.4, -0.2) is 19.1 Å². The highest BCUT2D eigenvalue weighted by Crippen LogP contribution is 2.47. The zero-order valence-corrected chi connectivity index (χ0v) is 7.32. The third kappa shape index (κ3) is 0.959. The van der Waals surface area contributed by atoms with Crippen molar-refractivity contribution >= 4 is 5.97 Å². The minimum Gasteiger partial charge on any atom is -0.469 e. The quantitative estimate of drug-likeness (QED) is 0.583. The molecule has 2 rings (SSSR count). The van der Waals surface area contributed by atoms with E-state index in [2.05, 4.69) is 0 Å². The second-order valence-corrected chi connectivity index (χ2v) is 3.96. The Bertz CT molecular complexity index is 203. The SMILES string of the molecule is COC(=O)C1C(N)C2CC[C@@H]1C2. The molecule has 0 heterocycles. The molecule has 3 heteroatoms. The van der Waals surface area contributed by atoms with E-state index in [1.54, 1.807) is 0 Å². The molecule has 0 amide bonds. The van der Waals surface area contributed by atoms with Gasteiger partial charge in [-0.05, 0) is 31.1 Å². The molecule has 0 aromatic rings. The lowest BCUT2D eigenvalue weighted by molar-refractivity contribution is -0.147. The molecule has 3 unspecified atom stereocenters. The van der Waals surface area contributed by atoms with Crippen LogP contribution in [0.25, 0.3) is 0 Å². The summed E-state index contributed by atoms with van der Waals surface area (Å²) < 4.78 is 4.74. The van der Waals surface area contributed by atoms with Crippen LogP contribution in [0.5, 0.6) is 0 Å². The van der Waals surface area contributed by atoms with E-state index in [0.29, 0.717) is 11.8 Å². The normalized spacial score (nSPS) is 44.8. The molecule has 0 aromatic carbocycles. The lowest BCUT2D eigenvalue weighted by Gasteiger charge is -2.25. The topological polar surface area (TPSA) is 52.3 Å². The van der Waals surface area contributed by atoms with Crippen molar-refractivity contribution in [3.63, 3.8) is 0 Å². The summed E-state index contributed by atoms with van der Waals surface area (Å²) in [6.07, 6.45) is 3.51. The van der Waals surface area contributed by atoms with Gasteiger partial charge in [-0.3, -0.25) is 4.79 Å². The van der Waals surface area contributed by atoms with Gasteiger partial charge in [0.2, 0.25) is 0 Å². The first kappa shape index (κ1) is 8.05. The van der Waals surface area contributed by atoms with Crippen molar-refractivity contribution in [1.29, 1.82) is 0 Å². The van der Waals surface area contributed by atoms with Gasteiger partial charge < -0.3 is 10.5 Å². The minimum absolute atomic E-state index is 0.00579. The maximum atomic E-state index is 11.3. The van der Waals surface area contributed by atoms with Crippen molar-refractivity contribution in [3.05, 3.63) is 0 Å². The molecule has 0 aliphatic heterocycles. The van der Waals surface area contributed by atoms with Crippen LogP contribution in [0.15, 0.2) is 0 Å². The molecular formula is C9H15NO2. The van der Waals surface area contributed by atoms with E-state index >= 15 is 0 Å². The van der Waals surface area contributed by atoms with Gasteiger partial charge in [0.25, 0.3) is 0 Å². The van der Waals surface area contributed by atoms with E-state index in [0.717, 1.165) is 12.8 Å². The fraction of sp³-hybridized carbons (Fsp3) is 0.889. The van der Waals surface area contributed by atoms with E-state index in [-0.39, 0.29) is 17.9 Å². The van der Waals surface area contributed by atoms with Crippen molar-refractivity contribution < 1.29 is 9.53 Å². The first-order valence-electron chi connectivity index (χ1n) is 4.57. The van der Waals surface area contributed by atoms with Crippen molar-refractivity contribution in [2.45, 2.75) is 25.3 Å². The van der Waals surface area contributed by atoms with Gasteiger partial charge in [0.1, 0.15) is 0 Å². The van der Waals surface area contributed by atoms with Crippen LogP contribution >= 0.6 is 0 Å². The Morgan fingerprint density at radius 1 is 1.42 bits per heavy atom. The molecule has 2 aliphatic rings. The van der Waals surface area contributed by atoms with Crippen LogP contribution in [0.3, 0.4) is 0 Å². The number of carbonyl (C=O) groups is 1.